The summed E-state index contributed by atoms with van der Waals surface area (Å²) in [6, 6.07) is 18.1. The number of benzene rings is 2. The molecule has 0 spiro atoms. The first kappa shape index (κ1) is 18.7. The number of fused-ring (bicyclic) bond motifs is 2. The lowest BCUT2D eigenvalue weighted by Crippen LogP contribution is -2.34. The second-order valence-electron chi connectivity index (χ2n) is 7.23. The minimum absolute atomic E-state index is 0.225. The molecule has 0 aliphatic carbocycles. The van der Waals surface area contributed by atoms with Crippen molar-refractivity contribution in [2.75, 3.05) is 10.6 Å². The zero-order valence-electron chi connectivity index (χ0n) is 16.6. The van der Waals surface area contributed by atoms with E-state index in [0.29, 0.717) is 33.9 Å². The summed E-state index contributed by atoms with van der Waals surface area (Å²) in [7, 11) is 0. The summed E-state index contributed by atoms with van der Waals surface area (Å²) in [6.45, 7) is 1.68. The number of carbonyl (C=O) groups excluding carboxylic acids is 2. The third kappa shape index (κ3) is 3.57. The number of hydrogen-bond acceptors (Lipinski definition) is 5. The number of hydrogen-bond donors (Lipinski definition) is 2. The van der Waals surface area contributed by atoms with E-state index in [1.165, 1.54) is 0 Å². The van der Waals surface area contributed by atoms with E-state index in [1.807, 2.05) is 36.4 Å². The molecule has 0 radical (unpaired) electrons. The van der Waals surface area contributed by atoms with Crippen LogP contribution in [0.15, 0.2) is 73.1 Å². The van der Waals surface area contributed by atoms with Crippen LogP contribution in [0.25, 0.3) is 22.2 Å². The molecule has 1 atom stereocenters. The Morgan fingerprint density at radius 1 is 1.10 bits per heavy atom. The Labute approximate surface area is 178 Å². The Bertz CT molecular complexity index is 1320. The molecule has 0 bridgehead atoms. The molecule has 2 N–H and O–H groups in total. The van der Waals surface area contributed by atoms with Crippen LogP contribution < -0.4 is 15.4 Å². The van der Waals surface area contributed by atoms with Gasteiger partial charge in [-0.05, 0) is 49.4 Å². The van der Waals surface area contributed by atoms with Crippen molar-refractivity contribution in [1.82, 2.24) is 9.97 Å². The van der Waals surface area contributed by atoms with Crippen LogP contribution in [0.3, 0.4) is 0 Å². The van der Waals surface area contributed by atoms with Gasteiger partial charge in [-0.3, -0.25) is 14.6 Å². The molecule has 0 fully saturated rings. The summed E-state index contributed by atoms with van der Waals surface area (Å²) >= 11 is 0. The molecule has 1 aliphatic rings. The number of para-hydroxylation sites is 1. The first-order chi connectivity index (χ1) is 15.1. The van der Waals surface area contributed by atoms with Crippen LogP contribution >= 0.6 is 0 Å². The molecule has 7 heteroatoms. The Morgan fingerprint density at radius 2 is 1.97 bits per heavy atom. The monoisotopic (exact) mass is 410 g/mol. The number of ether oxygens (including phenoxy) is 1. The van der Waals surface area contributed by atoms with E-state index < -0.39 is 6.10 Å². The van der Waals surface area contributed by atoms with Gasteiger partial charge in [0, 0.05) is 29.0 Å². The summed E-state index contributed by atoms with van der Waals surface area (Å²) in [6.07, 6.45) is 2.85. The number of anilines is 2. The fraction of sp³-hybridized carbons (Fsp3) is 0.0833. The van der Waals surface area contributed by atoms with Crippen LogP contribution in [0.4, 0.5) is 11.4 Å². The standard InChI is InChI=1S/C24H18N4O3/c1-14-23(29)28-21-11-16(8-9-22(21)31-14)26-24(30)18-12-20(15-5-4-10-25-13-15)27-19-7-3-2-6-17(18)19/h2-14H,1H3,(H,26,30)(H,28,29). The molecule has 2 aromatic carbocycles. The minimum atomic E-state index is -0.554. The fourth-order valence-corrected chi connectivity index (χ4v) is 3.51. The molecule has 0 saturated heterocycles. The number of amides is 2. The molecule has 5 rings (SSSR count). The third-order valence-corrected chi connectivity index (χ3v) is 5.09. The highest BCUT2D eigenvalue weighted by atomic mass is 16.5. The predicted octanol–water partition coefficient (Wildman–Crippen LogP) is 4.27. The predicted molar refractivity (Wildman–Crippen MR) is 118 cm³/mol. The quantitative estimate of drug-likeness (QED) is 0.526. The van der Waals surface area contributed by atoms with Crippen molar-refractivity contribution in [1.29, 1.82) is 0 Å². The zero-order chi connectivity index (χ0) is 21.4. The first-order valence-electron chi connectivity index (χ1n) is 9.81. The normalized spacial score (nSPS) is 15.0. The fourth-order valence-electron chi connectivity index (χ4n) is 3.51. The number of nitrogens with one attached hydrogen (secondary N) is 2. The number of nitrogens with zero attached hydrogens (tertiary/aromatic N) is 2. The van der Waals surface area contributed by atoms with E-state index in [9.17, 15) is 9.59 Å². The van der Waals surface area contributed by atoms with Crippen molar-refractivity contribution in [2.24, 2.45) is 0 Å². The maximum absolute atomic E-state index is 13.2. The highest BCUT2D eigenvalue weighted by molar-refractivity contribution is 6.13. The molecule has 2 amide bonds. The Hall–Kier alpha value is -4.26. The number of rotatable bonds is 3. The van der Waals surface area contributed by atoms with Gasteiger partial charge in [-0.15, -0.1) is 0 Å². The van der Waals surface area contributed by atoms with Crippen molar-refractivity contribution in [3.8, 4) is 17.0 Å². The molecule has 2 aromatic heterocycles. The average molecular weight is 410 g/mol. The number of pyridine rings is 2. The first-order valence-corrected chi connectivity index (χ1v) is 9.81. The van der Waals surface area contributed by atoms with E-state index in [4.69, 9.17) is 4.74 Å². The van der Waals surface area contributed by atoms with Crippen molar-refractivity contribution in [2.45, 2.75) is 13.0 Å². The Kier molecular flexibility index (Phi) is 4.55. The second kappa shape index (κ2) is 7.53. The maximum Gasteiger partial charge on any atom is 0.265 e. The number of carbonyl (C=O) groups is 2. The Morgan fingerprint density at radius 3 is 2.81 bits per heavy atom. The summed E-state index contributed by atoms with van der Waals surface area (Å²) in [5, 5.41) is 6.45. The molecule has 0 saturated carbocycles. The summed E-state index contributed by atoms with van der Waals surface area (Å²) in [4.78, 5) is 34.0. The molecule has 7 nitrogen and oxygen atoms in total. The van der Waals surface area contributed by atoms with E-state index in [1.54, 1.807) is 43.6 Å². The van der Waals surface area contributed by atoms with E-state index in [2.05, 4.69) is 20.6 Å². The average Bonchev–Trinajstić information content (AvgIpc) is 2.80. The summed E-state index contributed by atoms with van der Waals surface area (Å²) in [5.41, 5.74) is 3.77. The Balaban J connectivity index is 1.52. The second-order valence-corrected chi connectivity index (χ2v) is 7.23. The van der Waals surface area contributed by atoms with Crippen LogP contribution in [-0.4, -0.2) is 27.9 Å². The SMILES string of the molecule is CC1Oc2ccc(NC(=O)c3cc(-c4cccnc4)nc4ccccc34)cc2NC1=O. The lowest BCUT2D eigenvalue weighted by molar-refractivity contribution is -0.122. The van der Waals surface area contributed by atoms with Gasteiger partial charge in [0.25, 0.3) is 11.8 Å². The van der Waals surface area contributed by atoms with Gasteiger partial charge in [0.05, 0.1) is 22.5 Å². The minimum Gasteiger partial charge on any atom is -0.479 e. The van der Waals surface area contributed by atoms with Gasteiger partial charge in [-0.1, -0.05) is 18.2 Å². The van der Waals surface area contributed by atoms with Gasteiger partial charge in [0.2, 0.25) is 0 Å². The van der Waals surface area contributed by atoms with Gasteiger partial charge in [-0.2, -0.15) is 0 Å². The molecule has 4 aromatic rings. The van der Waals surface area contributed by atoms with Crippen LogP contribution in [0, 0.1) is 0 Å². The van der Waals surface area contributed by atoms with Crippen molar-refractivity contribution in [3.63, 3.8) is 0 Å². The van der Waals surface area contributed by atoms with Gasteiger partial charge in [0.1, 0.15) is 5.75 Å². The van der Waals surface area contributed by atoms with E-state index in [-0.39, 0.29) is 11.8 Å². The number of aromatic nitrogens is 2. The van der Waals surface area contributed by atoms with Crippen LogP contribution in [-0.2, 0) is 4.79 Å². The van der Waals surface area contributed by atoms with Gasteiger partial charge >= 0.3 is 0 Å². The summed E-state index contributed by atoms with van der Waals surface area (Å²) in [5.74, 6) is 0.0654. The lowest BCUT2D eigenvalue weighted by atomic mass is 10.0. The maximum atomic E-state index is 13.2. The molecule has 1 unspecified atom stereocenters. The van der Waals surface area contributed by atoms with Crippen molar-refractivity contribution >= 4 is 34.1 Å². The van der Waals surface area contributed by atoms with Crippen molar-refractivity contribution in [3.05, 3.63) is 78.6 Å². The van der Waals surface area contributed by atoms with Crippen LogP contribution in [0.1, 0.15) is 17.3 Å². The largest absolute Gasteiger partial charge is 0.479 e. The summed E-state index contributed by atoms with van der Waals surface area (Å²) < 4.78 is 5.57. The molecule has 31 heavy (non-hydrogen) atoms. The molecular weight excluding hydrogens is 392 g/mol. The van der Waals surface area contributed by atoms with E-state index in [0.717, 1.165) is 10.9 Å². The highest BCUT2D eigenvalue weighted by Gasteiger charge is 2.24. The smallest absolute Gasteiger partial charge is 0.265 e. The van der Waals surface area contributed by atoms with Crippen LogP contribution in [0.5, 0.6) is 5.75 Å². The van der Waals surface area contributed by atoms with Crippen molar-refractivity contribution < 1.29 is 14.3 Å². The molecule has 152 valence electrons. The van der Waals surface area contributed by atoms with Gasteiger partial charge < -0.3 is 15.4 Å². The third-order valence-electron chi connectivity index (χ3n) is 5.09. The topological polar surface area (TPSA) is 93.2 Å². The molecular formula is C24H18N4O3. The molecule has 3 heterocycles. The molecule has 1 aliphatic heterocycles. The highest BCUT2D eigenvalue weighted by Crippen LogP contribution is 2.32. The zero-order valence-corrected chi connectivity index (χ0v) is 16.6. The van der Waals surface area contributed by atoms with Gasteiger partial charge in [0.15, 0.2) is 6.10 Å². The lowest BCUT2D eigenvalue weighted by Gasteiger charge is -2.23. The van der Waals surface area contributed by atoms with Gasteiger partial charge in [-0.25, -0.2) is 4.98 Å². The van der Waals surface area contributed by atoms with E-state index >= 15 is 0 Å². The van der Waals surface area contributed by atoms with Crippen LogP contribution in [0.2, 0.25) is 0 Å².